The van der Waals surface area contributed by atoms with E-state index < -0.39 is 0 Å². The first-order valence-electron chi connectivity index (χ1n) is 10.3. The van der Waals surface area contributed by atoms with Gasteiger partial charge in [-0.2, -0.15) is 0 Å². The van der Waals surface area contributed by atoms with Gasteiger partial charge in [-0.1, -0.05) is 24.3 Å². The van der Waals surface area contributed by atoms with E-state index in [0.717, 1.165) is 50.1 Å². The molecule has 2 aromatic carbocycles. The van der Waals surface area contributed by atoms with E-state index in [-0.39, 0.29) is 11.8 Å². The summed E-state index contributed by atoms with van der Waals surface area (Å²) in [5.41, 5.74) is 3.24. The molecule has 29 heavy (non-hydrogen) atoms. The van der Waals surface area contributed by atoms with E-state index in [2.05, 4.69) is 29.6 Å². The van der Waals surface area contributed by atoms with Crippen LogP contribution in [0.2, 0.25) is 0 Å². The second kappa shape index (κ2) is 10.1. The molecule has 5 nitrogen and oxygen atoms in total. The van der Waals surface area contributed by atoms with Crippen molar-refractivity contribution in [2.24, 2.45) is 5.92 Å². The lowest BCUT2D eigenvalue weighted by molar-refractivity contribution is -0.120. The van der Waals surface area contributed by atoms with Gasteiger partial charge in [-0.05, 0) is 67.0 Å². The van der Waals surface area contributed by atoms with Crippen LogP contribution in [0.1, 0.15) is 40.7 Å². The highest BCUT2D eigenvalue weighted by atomic mass is 16.5. The first-order chi connectivity index (χ1) is 14.1. The van der Waals surface area contributed by atoms with Gasteiger partial charge in [0.2, 0.25) is 5.91 Å². The molecule has 154 valence electrons. The molecule has 0 saturated carbocycles. The van der Waals surface area contributed by atoms with Gasteiger partial charge in [0.05, 0.1) is 7.11 Å². The SMILES string of the molecule is CNC(=O)CCc1ccc(CC2CCN(C(=O)c3ccc(OC)cc3)CC2)cc1. The smallest absolute Gasteiger partial charge is 0.253 e. The van der Waals surface area contributed by atoms with Crippen molar-refractivity contribution < 1.29 is 14.3 Å². The Hall–Kier alpha value is -2.82. The van der Waals surface area contributed by atoms with Gasteiger partial charge in [0, 0.05) is 32.1 Å². The zero-order chi connectivity index (χ0) is 20.6. The van der Waals surface area contributed by atoms with Gasteiger partial charge in [0.15, 0.2) is 0 Å². The number of aryl methyl sites for hydroxylation is 1. The molecule has 1 N–H and O–H groups in total. The maximum absolute atomic E-state index is 12.7. The highest BCUT2D eigenvalue weighted by Gasteiger charge is 2.23. The summed E-state index contributed by atoms with van der Waals surface area (Å²) in [6.45, 7) is 1.61. The molecule has 1 fully saturated rings. The Balaban J connectivity index is 1.46. The van der Waals surface area contributed by atoms with Crippen molar-refractivity contribution in [2.75, 3.05) is 27.2 Å². The average molecular weight is 395 g/mol. The van der Waals surface area contributed by atoms with Crippen molar-refractivity contribution in [3.05, 3.63) is 65.2 Å². The average Bonchev–Trinajstić information content (AvgIpc) is 2.78. The number of hydrogen-bond acceptors (Lipinski definition) is 3. The predicted molar refractivity (Wildman–Crippen MR) is 114 cm³/mol. The van der Waals surface area contributed by atoms with Crippen molar-refractivity contribution in [3.8, 4) is 5.75 Å². The molecule has 2 amide bonds. The van der Waals surface area contributed by atoms with Gasteiger partial charge in [-0.3, -0.25) is 9.59 Å². The second-order valence-corrected chi connectivity index (χ2v) is 7.66. The van der Waals surface area contributed by atoms with Gasteiger partial charge in [-0.15, -0.1) is 0 Å². The number of nitrogens with one attached hydrogen (secondary N) is 1. The molecule has 1 aliphatic rings. The number of hydrogen-bond donors (Lipinski definition) is 1. The molecule has 0 bridgehead atoms. The molecular weight excluding hydrogens is 364 g/mol. The van der Waals surface area contributed by atoms with Crippen LogP contribution in [0.4, 0.5) is 0 Å². The minimum absolute atomic E-state index is 0.0741. The molecule has 1 aliphatic heterocycles. The van der Waals surface area contributed by atoms with Gasteiger partial charge in [-0.25, -0.2) is 0 Å². The summed E-state index contributed by atoms with van der Waals surface area (Å²) in [5.74, 6) is 1.54. The lowest BCUT2D eigenvalue weighted by Crippen LogP contribution is -2.38. The summed E-state index contributed by atoms with van der Waals surface area (Å²) in [5, 5.41) is 2.66. The molecule has 3 rings (SSSR count). The quantitative estimate of drug-likeness (QED) is 0.782. The van der Waals surface area contributed by atoms with Crippen LogP contribution in [0.25, 0.3) is 0 Å². The van der Waals surface area contributed by atoms with Crippen LogP contribution in [-0.2, 0) is 17.6 Å². The second-order valence-electron chi connectivity index (χ2n) is 7.66. The minimum atomic E-state index is 0.0741. The van der Waals surface area contributed by atoms with Crippen LogP contribution in [0.3, 0.4) is 0 Å². The van der Waals surface area contributed by atoms with Gasteiger partial charge >= 0.3 is 0 Å². The summed E-state index contributed by atoms with van der Waals surface area (Å²) in [4.78, 5) is 26.0. The zero-order valence-electron chi connectivity index (χ0n) is 17.3. The van der Waals surface area contributed by atoms with Crippen LogP contribution in [0, 0.1) is 5.92 Å². The van der Waals surface area contributed by atoms with Crippen molar-refractivity contribution in [3.63, 3.8) is 0 Å². The van der Waals surface area contributed by atoms with Crippen molar-refractivity contribution in [2.45, 2.75) is 32.1 Å². The fourth-order valence-corrected chi connectivity index (χ4v) is 3.81. The lowest BCUT2D eigenvalue weighted by Gasteiger charge is -2.32. The van der Waals surface area contributed by atoms with E-state index in [1.54, 1.807) is 14.2 Å². The minimum Gasteiger partial charge on any atom is -0.497 e. The number of likely N-dealkylation sites (tertiary alicyclic amines) is 1. The number of benzene rings is 2. The molecule has 1 heterocycles. The third-order valence-electron chi connectivity index (χ3n) is 5.71. The van der Waals surface area contributed by atoms with Crippen LogP contribution >= 0.6 is 0 Å². The third-order valence-corrected chi connectivity index (χ3v) is 5.71. The van der Waals surface area contributed by atoms with Crippen molar-refractivity contribution in [1.29, 1.82) is 0 Å². The number of rotatable bonds is 7. The van der Waals surface area contributed by atoms with E-state index in [4.69, 9.17) is 4.74 Å². The van der Waals surface area contributed by atoms with E-state index in [1.165, 1.54) is 11.1 Å². The van der Waals surface area contributed by atoms with E-state index in [0.29, 0.717) is 12.3 Å². The van der Waals surface area contributed by atoms with Crippen LogP contribution in [-0.4, -0.2) is 44.0 Å². The molecule has 0 spiro atoms. The largest absolute Gasteiger partial charge is 0.497 e. The summed E-state index contributed by atoms with van der Waals surface area (Å²) in [6, 6.07) is 15.9. The number of nitrogens with zero attached hydrogens (tertiary/aromatic N) is 1. The number of carbonyl (C=O) groups is 2. The Morgan fingerprint density at radius 2 is 1.62 bits per heavy atom. The predicted octanol–water partition coefficient (Wildman–Crippen LogP) is 3.47. The summed E-state index contributed by atoms with van der Waals surface area (Å²) in [7, 11) is 3.29. The first kappa shape index (κ1) is 20.9. The maximum atomic E-state index is 12.7. The molecule has 0 aliphatic carbocycles. The zero-order valence-corrected chi connectivity index (χ0v) is 17.3. The summed E-state index contributed by atoms with van der Waals surface area (Å²) >= 11 is 0. The lowest BCUT2D eigenvalue weighted by atomic mass is 9.89. The Bertz CT molecular complexity index is 807. The fraction of sp³-hybridized carbons (Fsp3) is 0.417. The molecule has 0 atom stereocenters. The normalized spacial score (nSPS) is 14.5. The van der Waals surface area contributed by atoms with Crippen LogP contribution in [0.5, 0.6) is 5.75 Å². The molecular formula is C24H30N2O3. The molecule has 2 aromatic rings. The Kier molecular flexibility index (Phi) is 7.28. The number of methoxy groups -OCH3 is 1. The Morgan fingerprint density at radius 3 is 2.21 bits per heavy atom. The highest BCUT2D eigenvalue weighted by molar-refractivity contribution is 5.94. The highest BCUT2D eigenvalue weighted by Crippen LogP contribution is 2.24. The number of carbonyl (C=O) groups excluding carboxylic acids is 2. The summed E-state index contributed by atoms with van der Waals surface area (Å²) in [6.07, 6.45) is 4.39. The number of ether oxygens (including phenoxy) is 1. The van der Waals surface area contributed by atoms with Crippen molar-refractivity contribution in [1.82, 2.24) is 10.2 Å². The number of piperidine rings is 1. The fourth-order valence-electron chi connectivity index (χ4n) is 3.81. The molecule has 1 saturated heterocycles. The van der Waals surface area contributed by atoms with Crippen LogP contribution in [0.15, 0.2) is 48.5 Å². The third kappa shape index (κ3) is 5.83. The topological polar surface area (TPSA) is 58.6 Å². The molecule has 5 heteroatoms. The maximum Gasteiger partial charge on any atom is 0.253 e. The standard InChI is InChI=1S/C24H30N2O3/c1-25-23(27)12-7-18-3-5-19(6-4-18)17-20-13-15-26(16-14-20)24(28)21-8-10-22(29-2)11-9-21/h3-6,8-11,20H,7,12-17H2,1-2H3,(H,25,27). The Morgan fingerprint density at radius 1 is 1.00 bits per heavy atom. The molecule has 0 radical (unpaired) electrons. The van der Waals surface area contributed by atoms with E-state index in [1.807, 2.05) is 29.2 Å². The Labute approximate surface area is 173 Å². The monoisotopic (exact) mass is 394 g/mol. The molecule has 0 aromatic heterocycles. The van der Waals surface area contributed by atoms with E-state index >= 15 is 0 Å². The number of amides is 2. The van der Waals surface area contributed by atoms with E-state index in [9.17, 15) is 9.59 Å². The van der Waals surface area contributed by atoms with Crippen LogP contribution < -0.4 is 10.1 Å². The van der Waals surface area contributed by atoms with Crippen molar-refractivity contribution >= 4 is 11.8 Å². The first-order valence-corrected chi connectivity index (χ1v) is 10.3. The van der Waals surface area contributed by atoms with Gasteiger partial charge in [0.1, 0.15) is 5.75 Å². The summed E-state index contributed by atoms with van der Waals surface area (Å²) < 4.78 is 5.16. The van der Waals surface area contributed by atoms with Gasteiger partial charge < -0.3 is 15.0 Å². The van der Waals surface area contributed by atoms with Gasteiger partial charge in [0.25, 0.3) is 5.91 Å². The molecule has 0 unspecified atom stereocenters.